The maximum Gasteiger partial charge on any atom is 0.152 e. The van der Waals surface area contributed by atoms with Crippen LogP contribution in [0.3, 0.4) is 0 Å². The fourth-order valence-electron chi connectivity index (χ4n) is 3.69. The van der Waals surface area contributed by atoms with Crippen LogP contribution in [0, 0.1) is 22.6 Å². The van der Waals surface area contributed by atoms with Crippen molar-refractivity contribution in [1.29, 1.82) is 5.41 Å². The summed E-state index contributed by atoms with van der Waals surface area (Å²) in [5.74, 6) is 0.376. The van der Waals surface area contributed by atoms with E-state index in [1.165, 1.54) is 37.7 Å². The number of hydrogen-bond acceptors (Lipinski definition) is 5. The number of nitrogens with zero attached hydrogens (tertiary/aromatic N) is 2. The van der Waals surface area contributed by atoms with Crippen molar-refractivity contribution < 1.29 is 9.18 Å². The smallest absolute Gasteiger partial charge is 0.152 e. The number of halogens is 1. The molecule has 1 aliphatic carbocycles. The number of carbonyl (C=O) groups excluding carboxylic acids is 1. The largest absolute Gasteiger partial charge is 0.386 e. The van der Waals surface area contributed by atoms with Crippen molar-refractivity contribution in [3.05, 3.63) is 23.5 Å². The molecule has 140 valence electrons. The standard InChI is InChI=1S/C20H27FN4O/c1-20(5-7-25(8-6-20)12-14-3-4-14)18(11-22)24-17-10-16(21)9-15(13-26)19(17)23-2/h9-11,13-14,22-23H,3-8,12H2,1-2H3. The monoisotopic (exact) mass is 358 g/mol. The van der Waals surface area contributed by atoms with E-state index in [0.29, 0.717) is 23.4 Å². The van der Waals surface area contributed by atoms with Crippen LogP contribution in [0.4, 0.5) is 15.8 Å². The highest BCUT2D eigenvalue weighted by Gasteiger charge is 2.36. The predicted octanol–water partition coefficient (Wildman–Crippen LogP) is 3.91. The lowest BCUT2D eigenvalue weighted by Crippen LogP contribution is -2.43. The first-order valence-electron chi connectivity index (χ1n) is 9.27. The molecule has 1 aromatic rings. The Morgan fingerprint density at radius 1 is 1.42 bits per heavy atom. The molecule has 5 nitrogen and oxygen atoms in total. The molecule has 1 aromatic carbocycles. The van der Waals surface area contributed by atoms with E-state index >= 15 is 0 Å². The molecule has 26 heavy (non-hydrogen) atoms. The average Bonchev–Trinajstić information content (AvgIpc) is 3.45. The molecule has 2 aliphatic rings. The number of nitrogens with one attached hydrogen (secondary N) is 2. The number of piperidine rings is 1. The summed E-state index contributed by atoms with van der Waals surface area (Å²) in [6.07, 6.45) is 6.47. The number of hydrogen-bond donors (Lipinski definition) is 2. The van der Waals surface area contributed by atoms with E-state index < -0.39 is 5.82 Å². The highest BCUT2D eigenvalue weighted by atomic mass is 19.1. The van der Waals surface area contributed by atoms with Gasteiger partial charge in [-0.3, -0.25) is 4.79 Å². The van der Waals surface area contributed by atoms with Crippen LogP contribution in [0.5, 0.6) is 0 Å². The minimum absolute atomic E-state index is 0.208. The Bertz CT molecular complexity index is 719. The van der Waals surface area contributed by atoms with Gasteiger partial charge >= 0.3 is 0 Å². The van der Waals surface area contributed by atoms with Gasteiger partial charge in [-0.15, -0.1) is 0 Å². The number of benzene rings is 1. The van der Waals surface area contributed by atoms with Gasteiger partial charge in [0.15, 0.2) is 6.29 Å². The first kappa shape index (κ1) is 18.7. The van der Waals surface area contributed by atoms with Gasteiger partial charge in [-0.05, 0) is 50.8 Å². The number of aldehydes is 1. The Morgan fingerprint density at radius 3 is 2.65 bits per heavy atom. The number of aliphatic imine (C=N–C) groups is 1. The molecule has 6 heteroatoms. The Hall–Kier alpha value is -2.08. The summed E-state index contributed by atoms with van der Waals surface area (Å²) in [5.41, 5.74) is 1.54. The zero-order chi connectivity index (χ0) is 18.7. The van der Waals surface area contributed by atoms with Crippen molar-refractivity contribution >= 4 is 29.6 Å². The van der Waals surface area contributed by atoms with Crippen LogP contribution in [-0.4, -0.2) is 49.8 Å². The first-order chi connectivity index (χ1) is 12.5. The summed E-state index contributed by atoms with van der Waals surface area (Å²) in [6, 6.07) is 2.51. The van der Waals surface area contributed by atoms with E-state index in [9.17, 15) is 9.18 Å². The molecule has 1 saturated heterocycles. The summed E-state index contributed by atoms with van der Waals surface area (Å²) in [5, 5.41) is 10.8. The molecule has 2 N–H and O–H groups in total. The van der Waals surface area contributed by atoms with Crippen LogP contribution in [0.15, 0.2) is 17.1 Å². The number of anilines is 1. The van der Waals surface area contributed by atoms with Crippen LogP contribution in [-0.2, 0) is 0 Å². The molecule has 2 fully saturated rings. The van der Waals surface area contributed by atoms with Gasteiger partial charge in [-0.25, -0.2) is 9.38 Å². The minimum atomic E-state index is -0.501. The zero-order valence-corrected chi connectivity index (χ0v) is 15.5. The van der Waals surface area contributed by atoms with Crippen LogP contribution < -0.4 is 5.32 Å². The molecule has 1 heterocycles. The summed E-state index contributed by atoms with van der Waals surface area (Å²) in [6.45, 7) is 5.32. The lowest BCUT2D eigenvalue weighted by Gasteiger charge is -2.39. The van der Waals surface area contributed by atoms with Crippen LogP contribution in [0.1, 0.15) is 43.0 Å². The van der Waals surface area contributed by atoms with Crippen LogP contribution in [0.25, 0.3) is 0 Å². The first-order valence-corrected chi connectivity index (χ1v) is 9.27. The molecule has 0 aromatic heterocycles. The summed E-state index contributed by atoms with van der Waals surface area (Å²) >= 11 is 0. The summed E-state index contributed by atoms with van der Waals surface area (Å²) < 4.78 is 13.9. The van der Waals surface area contributed by atoms with Gasteiger partial charge < -0.3 is 15.6 Å². The van der Waals surface area contributed by atoms with Gasteiger partial charge in [0.2, 0.25) is 0 Å². The Kier molecular flexibility index (Phi) is 5.51. The van der Waals surface area contributed by atoms with E-state index in [-0.39, 0.29) is 11.0 Å². The molecular weight excluding hydrogens is 331 g/mol. The Balaban J connectivity index is 1.85. The molecule has 0 amide bonds. The maximum absolute atomic E-state index is 13.9. The van der Waals surface area contributed by atoms with Gasteiger partial charge in [0.1, 0.15) is 5.82 Å². The average molecular weight is 358 g/mol. The molecule has 3 rings (SSSR count). The third-order valence-corrected chi connectivity index (χ3v) is 5.66. The number of rotatable bonds is 7. The van der Waals surface area contributed by atoms with E-state index in [1.54, 1.807) is 7.05 Å². The molecule has 1 saturated carbocycles. The SMILES string of the molecule is CNc1c(C=O)cc(F)cc1N=C(C=N)C1(C)CCN(CC2CC2)CC1. The predicted molar refractivity (Wildman–Crippen MR) is 104 cm³/mol. The lowest BCUT2D eigenvalue weighted by molar-refractivity contribution is 0.112. The fourth-order valence-corrected chi connectivity index (χ4v) is 3.69. The normalized spacial score (nSPS) is 20.7. The van der Waals surface area contributed by atoms with Crippen LogP contribution >= 0.6 is 0 Å². The quantitative estimate of drug-likeness (QED) is 0.573. The summed E-state index contributed by atoms with van der Waals surface area (Å²) in [4.78, 5) is 18.3. The maximum atomic E-state index is 13.9. The number of carbonyl (C=O) groups is 1. The molecule has 0 spiro atoms. The van der Waals surface area contributed by atoms with Gasteiger partial charge in [-0.1, -0.05) is 6.92 Å². The molecule has 0 atom stereocenters. The Morgan fingerprint density at radius 2 is 2.12 bits per heavy atom. The third-order valence-electron chi connectivity index (χ3n) is 5.66. The van der Waals surface area contributed by atoms with Crippen molar-refractivity contribution in [3.63, 3.8) is 0 Å². The second kappa shape index (κ2) is 7.66. The molecular formula is C20H27FN4O. The van der Waals surface area contributed by atoms with E-state index in [1.807, 2.05) is 0 Å². The van der Waals surface area contributed by atoms with Gasteiger partial charge in [-0.2, -0.15) is 0 Å². The summed E-state index contributed by atoms with van der Waals surface area (Å²) in [7, 11) is 1.68. The lowest BCUT2D eigenvalue weighted by atomic mass is 9.76. The second-order valence-corrected chi connectivity index (χ2v) is 7.70. The van der Waals surface area contributed by atoms with Crippen LogP contribution in [0.2, 0.25) is 0 Å². The van der Waals surface area contributed by atoms with Crippen molar-refractivity contribution in [1.82, 2.24) is 4.90 Å². The fraction of sp³-hybridized carbons (Fsp3) is 0.550. The van der Waals surface area contributed by atoms with Crippen molar-refractivity contribution in [2.75, 3.05) is 32.0 Å². The molecule has 0 radical (unpaired) electrons. The third kappa shape index (κ3) is 4.01. The molecule has 0 unspecified atom stereocenters. The molecule has 0 bridgehead atoms. The van der Waals surface area contributed by atoms with Gasteiger partial charge in [0.25, 0.3) is 0 Å². The second-order valence-electron chi connectivity index (χ2n) is 7.70. The van der Waals surface area contributed by atoms with Crippen molar-refractivity contribution in [3.8, 4) is 0 Å². The van der Waals surface area contributed by atoms with Gasteiger partial charge in [0.05, 0.1) is 17.1 Å². The molecule has 1 aliphatic heterocycles. The highest BCUT2D eigenvalue weighted by molar-refractivity contribution is 6.32. The van der Waals surface area contributed by atoms with E-state index in [2.05, 4.69) is 22.1 Å². The topological polar surface area (TPSA) is 68.5 Å². The number of likely N-dealkylation sites (tertiary alicyclic amines) is 1. The van der Waals surface area contributed by atoms with E-state index in [0.717, 1.165) is 31.8 Å². The Labute approximate surface area is 154 Å². The van der Waals surface area contributed by atoms with Crippen molar-refractivity contribution in [2.24, 2.45) is 16.3 Å². The van der Waals surface area contributed by atoms with Crippen molar-refractivity contribution in [2.45, 2.75) is 32.6 Å². The van der Waals surface area contributed by atoms with Gasteiger partial charge in [0, 0.05) is 36.9 Å². The minimum Gasteiger partial charge on any atom is -0.386 e. The van der Waals surface area contributed by atoms with E-state index in [4.69, 9.17) is 5.41 Å². The zero-order valence-electron chi connectivity index (χ0n) is 15.5. The highest BCUT2D eigenvalue weighted by Crippen LogP contribution is 2.37.